The van der Waals surface area contributed by atoms with Gasteiger partial charge in [-0.25, -0.2) is 8.78 Å². The van der Waals surface area contributed by atoms with E-state index in [0.29, 0.717) is 5.56 Å². The summed E-state index contributed by atoms with van der Waals surface area (Å²) in [5.74, 6) is -1.88. The zero-order chi connectivity index (χ0) is 14.2. The third-order valence-electron chi connectivity index (χ3n) is 3.16. The number of benzene rings is 2. The van der Waals surface area contributed by atoms with Crippen LogP contribution >= 0.6 is 0 Å². The topological polar surface area (TPSA) is 20.2 Å². The van der Waals surface area contributed by atoms with Gasteiger partial charge in [-0.2, -0.15) is 0 Å². The van der Waals surface area contributed by atoms with Crippen LogP contribution in [0.25, 0.3) is 0 Å². The Morgan fingerprint density at radius 2 is 1.47 bits per heavy atom. The highest BCUT2D eigenvalue weighted by Gasteiger charge is 2.19. The molecule has 0 amide bonds. The van der Waals surface area contributed by atoms with E-state index < -0.39 is 17.7 Å². The molecule has 0 saturated carbocycles. The van der Waals surface area contributed by atoms with Crippen molar-refractivity contribution < 1.29 is 13.9 Å². The van der Waals surface area contributed by atoms with Gasteiger partial charge >= 0.3 is 0 Å². The summed E-state index contributed by atoms with van der Waals surface area (Å²) < 4.78 is 27.4. The van der Waals surface area contributed by atoms with Gasteiger partial charge in [0, 0.05) is 5.56 Å². The molecule has 19 heavy (non-hydrogen) atoms. The average molecular weight is 262 g/mol. The number of aliphatic hydroxyl groups is 1. The molecular formula is C16H16F2O. The Balaban J connectivity index is 2.50. The summed E-state index contributed by atoms with van der Waals surface area (Å²) >= 11 is 0. The standard InChI is InChI=1S/C16H16F2O/c1-9-6-10(2)8-12(7-9)16(19)13-5-4-11(3)14(17)15(13)18/h4-8,16,19H,1-3H3. The molecule has 0 aliphatic rings. The van der Waals surface area contributed by atoms with E-state index in [4.69, 9.17) is 0 Å². The molecule has 1 nitrogen and oxygen atoms in total. The summed E-state index contributed by atoms with van der Waals surface area (Å²) in [6, 6.07) is 8.40. The Hall–Kier alpha value is -1.74. The smallest absolute Gasteiger partial charge is 0.165 e. The summed E-state index contributed by atoms with van der Waals surface area (Å²) in [6.45, 7) is 5.29. The fourth-order valence-electron chi connectivity index (χ4n) is 2.22. The highest BCUT2D eigenvalue weighted by molar-refractivity contribution is 5.37. The molecule has 2 aromatic rings. The van der Waals surface area contributed by atoms with Crippen molar-refractivity contribution in [2.45, 2.75) is 26.9 Å². The zero-order valence-corrected chi connectivity index (χ0v) is 11.2. The highest BCUT2D eigenvalue weighted by atomic mass is 19.2. The van der Waals surface area contributed by atoms with Crippen molar-refractivity contribution in [3.8, 4) is 0 Å². The van der Waals surface area contributed by atoms with Gasteiger partial charge in [-0.05, 0) is 31.9 Å². The zero-order valence-electron chi connectivity index (χ0n) is 11.2. The SMILES string of the molecule is Cc1cc(C)cc(C(O)c2ccc(C)c(F)c2F)c1. The lowest BCUT2D eigenvalue weighted by molar-refractivity contribution is 0.213. The Morgan fingerprint density at radius 3 is 2.05 bits per heavy atom. The van der Waals surface area contributed by atoms with E-state index in [2.05, 4.69) is 0 Å². The first-order chi connectivity index (χ1) is 8.90. The largest absolute Gasteiger partial charge is 0.384 e. The van der Waals surface area contributed by atoms with E-state index in [9.17, 15) is 13.9 Å². The molecule has 0 fully saturated rings. The number of aryl methyl sites for hydroxylation is 3. The minimum Gasteiger partial charge on any atom is -0.384 e. The third-order valence-corrected chi connectivity index (χ3v) is 3.16. The molecule has 1 unspecified atom stereocenters. The first-order valence-electron chi connectivity index (χ1n) is 6.11. The average Bonchev–Trinajstić information content (AvgIpc) is 2.34. The number of hydrogen-bond donors (Lipinski definition) is 1. The second kappa shape index (κ2) is 5.10. The Labute approximate surface area is 111 Å². The van der Waals surface area contributed by atoms with Crippen LogP contribution in [0.15, 0.2) is 30.3 Å². The van der Waals surface area contributed by atoms with Crippen molar-refractivity contribution >= 4 is 0 Å². The van der Waals surface area contributed by atoms with Crippen molar-refractivity contribution in [2.24, 2.45) is 0 Å². The maximum absolute atomic E-state index is 13.9. The summed E-state index contributed by atoms with van der Waals surface area (Å²) in [4.78, 5) is 0. The monoisotopic (exact) mass is 262 g/mol. The van der Waals surface area contributed by atoms with Gasteiger partial charge in [-0.15, -0.1) is 0 Å². The minimum atomic E-state index is -1.16. The highest BCUT2D eigenvalue weighted by Crippen LogP contribution is 2.28. The van der Waals surface area contributed by atoms with E-state index in [1.807, 2.05) is 19.9 Å². The first-order valence-corrected chi connectivity index (χ1v) is 6.11. The van der Waals surface area contributed by atoms with Crippen molar-refractivity contribution in [2.75, 3.05) is 0 Å². The predicted molar refractivity (Wildman–Crippen MR) is 71.1 cm³/mol. The van der Waals surface area contributed by atoms with Crippen LogP contribution < -0.4 is 0 Å². The maximum Gasteiger partial charge on any atom is 0.165 e. The molecule has 0 radical (unpaired) electrons. The molecular weight excluding hydrogens is 246 g/mol. The van der Waals surface area contributed by atoms with Crippen molar-refractivity contribution in [1.82, 2.24) is 0 Å². The molecule has 100 valence electrons. The van der Waals surface area contributed by atoms with Crippen molar-refractivity contribution in [3.05, 3.63) is 69.8 Å². The van der Waals surface area contributed by atoms with Gasteiger partial charge in [0.05, 0.1) is 0 Å². The lowest BCUT2D eigenvalue weighted by Gasteiger charge is -2.15. The van der Waals surface area contributed by atoms with Gasteiger partial charge in [0.2, 0.25) is 0 Å². The lowest BCUT2D eigenvalue weighted by Crippen LogP contribution is -2.06. The lowest BCUT2D eigenvalue weighted by atomic mass is 9.97. The van der Waals surface area contributed by atoms with Gasteiger partial charge in [0.1, 0.15) is 6.10 Å². The molecule has 0 heterocycles. The van der Waals surface area contributed by atoms with Gasteiger partial charge in [0.25, 0.3) is 0 Å². The van der Waals surface area contributed by atoms with Crippen LogP contribution in [0, 0.1) is 32.4 Å². The normalized spacial score (nSPS) is 12.5. The quantitative estimate of drug-likeness (QED) is 0.868. The molecule has 3 heteroatoms. The van der Waals surface area contributed by atoms with Gasteiger partial charge in [-0.3, -0.25) is 0 Å². The molecule has 0 spiro atoms. The summed E-state index contributed by atoms with van der Waals surface area (Å²) in [5.41, 5.74) is 2.71. The minimum absolute atomic E-state index is 0.0342. The molecule has 0 bridgehead atoms. The van der Waals surface area contributed by atoms with E-state index in [0.717, 1.165) is 11.1 Å². The van der Waals surface area contributed by atoms with Crippen LogP contribution in [-0.2, 0) is 0 Å². The van der Waals surface area contributed by atoms with Crippen molar-refractivity contribution in [1.29, 1.82) is 0 Å². The van der Waals surface area contributed by atoms with Crippen LogP contribution in [0.5, 0.6) is 0 Å². The van der Waals surface area contributed by atoms with Crippen LogP contribution in [0.3, 0.4) is 0 Å². The summed E-state index contributed by atoms with van der Waals surface area (Å²) in [6.07, 6.45) is -1.16. The van der Waals surface area contributed by atoms with E-state index in [1.54, 1.807) is 12.1 Å². The predicted octanol–water partition coefficient (Wildman–Crippen LogP) is 3.97. The van der Waals surface area contributed by atoms with E-state index in [-0.39, 0.29) is 11.1 Å². The Kier molecular flexibility index (Phi) is 3.67. The maximum atomic E-state index is 13.9. The van der Waals surface area contributed by atoms with Crippen molar-refractivity contribution in [3.63, 3.8) is 0 Å². The Bertz CT molecular complexity index is 600. The second-order valence-corrected chi connectivity index (χ2v) is 4.92. The van der Waals surface area contributed by atoms with Crippen LogP contribution in [0.1, 0.15) is 33.9 Å². The fourth-order valence-corrected chi connectivity index (χ4v) is 2.22. The molecule has 1 N–H and O–H groups in total. The van der Waals surface area contributed by atoms with Crippen LogP contribution in [0.2, 0.25) is 0 Å². The van der Waals surface area contributed by atoms with E-state index in [1.165, 1.54) is 19.1 Å². The van der Waals surface area contributed by atoms with Gasteiger partial charge < -0.3 is 5.11 Å². The molecule has 2 aromatic carbocycles. The number of aliphatic hydroxyl groups excluding tert-OH is 1. The van der Waals surface area contributed by atoms with Crippen LogP contribution in [0.4, 0.5) is 8.78 Å². The molecule has 0 aliphatic heterocycles. The molecule has 1 atom stereocenters. The summed E-state index contributed by atoms with van der Waals surface area (Å²) in [7, 11) is 0. The third kappa shape index (κ3) is 2.66. The second-order valence-electron chi connectivity index (χ2n) is 4.92. The molecule has 0 aromatic heterocycles. The van der Waals surface area contributed by atoms with E-state index >= 15 is 0 Å². The first kappa shape index (κ1) is 13.7. The summed E-state index contributed by atoms with van der Waals surface area (Å²) in [5, 5.41) is 10.2. The molecule has 2 rings (SSSR count). The fraction of sp³-hybridized carbons (Fsp3) is 0.250. The van der Waals surface area contributed by atoms with Crippen LogP contribution in [-0.4, -0.2) is 5.11 Å². The van der Waals surface area contributed by atoms with Gasteiger partial charge in [-0.1, -0.05) is 41.5 Å². The molecule has 0 saturated heterocycles. The number of halogens is 2. The molecule has 0 aliphatic carbocycles. The number of hydrogen-bond acceptors (Lipinski definition) is 1. The Morgan fingerprint density at radius 1 is 0.895 bits per heavy atom. The number of rotatable bonds is 2. The van der Waals surface area contributed by atoms with Gasteiger partial charge in [0.15, 0.2) is 11.6 Å².